The van der Waals surface area contributed by atoms with E-state index in [-0.39, 0.29) is 12.5 Å². The molecule has 2 aromatic heterocycles. The molecule has 0 radical (unpaired) electrons. The number of nitrogens with one attached hydrogen (secondary N) is 2. The van der Waals surface area contributed by atoms with Gasteiger partial charge in [-0.3, -0.25) is 10.1 Å². The molecule has 0 aliphatic rings. The Balaban J connectivity index is 1.59. The second kappa shape index (κ2) is 8.24. The zero-order valence-corrected chi connectivity index (χ0v) is 16.1. The van der Waals surface area contributed by atoms with Crippen molar-refractivity contribution in [1.29, 1.82) is 0 Å². The minimum atomic E-state index is -0.459. The van der Waals surface area contributed by atoms with Crippen molar-refractivity contribution in [3.8, 4) is 17.0 Å². The summed E-state index contributed by atoms with van der Waals surface area (Å²) in [6.45, 7) is 1.71. The van der Waals surface area contributed by atoms with Gasteiger partial charge in [0.1, 0.15) is 11.4 Å². The summed E-state index contributed by atoms with van der Waals surface area (Å²) in [4.78, 5) is 30.7. The van der Waals surface area contributed by atoms with Crippen molar-refractivity contribution >= 4 is 39.9 Å². The Hall–Kier alpha value is -2.84. The highest BCUT2D eigenvalue weighted by molar-refractivity contribution is 7.14. The summed E-state index contributed by atoms with van der Waals surface area (Å²) in [5.41, 5.74) is 2.54. The molecule has 140 valence electrons. The van der Waals surface area contributed by atoms with Crippen LogP contribution in [0.1, 0.15) is 16.1 Å². The zero-order valence-electron chi connectivity index (χ0n) is 14.5. The first-order valence-corrected chi connectivity index (χ1v) is 9.13. The van der Waals surface area contributed by atoms with Crippen molar-refractivity contribution in [2.75, 3.05) is 19.0 Å². The average molecular weight is 406 g/mol. The Kier molecular flexibility index (Phi) is 5.78. The quantitative estimate of drug-likeness (QED) is 0.606. The standard InChI is InChI=1S/C18H16ClN3O4S/c1-10-5-12(19)3-4-15(10)26-8-16(23)22-18-21-14(9-27-18)11-6-13(20-7-11)17(24)25-2/h3-7,9,20H,8H2,1-2H3,(H,21,22,23). The molecule has 0 fully saturated rings. The molecule has 1 aromatic carbocycles. The molecule has 3 aromatic rings. The topological polar surface area (TPSA) is 93.3 Å². The monoisotopic (exact) mass is 405 g/mol. The number of H-pyrrole nitrogens is 1. The normalized spacial score (nSPS) is 10.5. The Labute approximate surface area is 164 Å². The summed E-state index contributed by atoms with van der Waals surface area (Å²) in [6, 6.07) is 6.83. The lowest BCUT2D eigenvalue weighted by molar-refractivity contribution is -0.118. The molecule has 3 rings (SSSR count). The molecule has 7 nitrogen and oxygen atoms in total. The Bertz CT molecular complexity index is 983. The smallest absolute Gasteiger partial charge is 0.354 e. The van der Waals surface area contributed by atoms with Crippen LogP contribution in [0.25, 0.3) is 11.3 Å². The van der Waals surface area contributed by atoms with Crippen LogP contribution in [0.3, 0.4) is 0 Å². The Morgan fingerprint density at radius 3 is 2.89 bits per heavy atom. The first kappa shape index (κ1) is 18.9. The van der Waals surface area contributed by atoms with Crippen molar-refractivity contribution in [3.05, 3.63) is 52.1 Å². The molecule has 0 saturated carbocycles. The van der Waals surface area contributed by atoms with E-state index in [9.17, 15) is 9.59 Å². The second-order valence-electron chi connectivity index (χ2n) is 5.58. The largest absolute Gasteiger partial charge is 0.483 e. The molecule has 0 spiro atoms. The number of amides is 1. The fraction of sp³-hybridized carbons (Fsp3) is 0.167. The maximum absolute atomic E-state index is 12.1. The minimum absolute atomic E-state index is 0.145. The lowest BCUT2D eigenvalue weighted by Gasteiger charge is -2.08. The number of esters is 1. The van der Waals surface area contributed by atoms with Gasteiger partial charge in [0.2, 0.25) is 0 Å². The van der Waals surface area contributed by atoms with Crippen LogP contribution in [0.2, 0.25) is 5.02 Å². The molecule has 0 atom stereocenters. The summed E-state index contributed by atoms with van der Waals surface area (Å²) in [7, 11) is 1.31. The Morgan fingerprint density at radius 1 is 1.33 bits per heavy atom. The predicted octanol–water partition coefficient (Wildman–Crippen LogP) is 3.90. The fourth-order valence-corrected chi connectivity index (χ4v) is 3.27. The van der Waals surface area contributed by atoms with E-state index >= 15 is 0 Å². The van der Waals surface area contributed by atoms with E-state index < -0.39 is 5.97 Å². The minimum Gasteiger partial charge on any atom is -0.483 e. The number of methoxy groups -OCH3 is 1. The van der Waals surface area contributed by atoms with E-state index in [1.54, 1.807) is 35.8 Å². The highest BCUT2D eigenvalue weighted by Crippen LogP contribution is 2.26. The number of anilines is 1. The van der Waals surface area contributed by atoms with Crippen LogP contribution in [0, 0.1) is 6.92 Å². The van der Waals surface area contributed by atoms with Crippen molar-refractivity contribution < 1.29 is 19.1 Å². The molecule has 27 heavy (non-hydrogen) atoms. The molecule has 2 N–H and O–H groups in total. The summed E-state index contributed by atoms with van der Waals surface area (Å²) >= 11 is 7.17. The van der Waals surface area contributed by atoms with Gasteiger partial charge in [-0.05, 0) is 36.8 Å². The number of hydrogen-bond donors (Lipinski definition) is 2. The van der Waals surface area contributed by atoms with Crippen LogP contribution < -0.4 is 10.1 Å². The number of hydrogen-bond acceptors (Lipinski definition) is 6. The van der Waals surface area contributed by atoms with Gasteiger partial charge in [-0.25, -0.2) is 9.78 Å². The number of nitrogens with zero attached hydrogens (tertiary/aromatic N) is 1. The molecule has 0 bridgehead atoms. The molecule has 0 aliphatic carbocycles. The van der Waals surface area contributed by atoms with E-state index in [0.717, 1.165) is 11.1 Å². The number of carbonyl (C=O) groups excluding carboxylic acids is 2. The van der Waals surface area contributed by atoms with Crippen LogP contribution in [-0.2, 0) is 9.53 Å². The van der Waals surface area contributed by atoms with E-state index in [2.05, 4.69) is 20.0 Å². The highest BCUT2D eigenvalue weighted by Gasteiger charge is 2.13. The zero-order chi connectivity index (χ0) is 19.4. The van der Waals surface area contributed by atoms with Gasteiger partial charge in [-0.2, -0.15) is 0 Å². The molecule has 0 aliphatic heterocycles. The average Bonchev–Trinajstić information content (AvgIpc) is 3.29. The van der Waals surface area contributed by atoms with Crippen LogP contribution >= 0.6 is 22.9 Å². The fourth-order valence-electron chi connectivity index (χ4n) is 2.31. The van der Waals surface area contributed by atoms with Gasteiger partial charge in [-0.1, -0.05) is 11.6 Å². The van der Waals surface area contributed by atoms with Crippen LogP contribution in [0.4, 0.5) is 5.13 Å². The number of aryl methyl sites for hydroxylation is 1. The third-order valence-electron chi connectivity index (χ3n) is 3.63. The summed E-state index contributed by atoms with van der Waals surface area (Å²) in [6.07, 6.45) is 1.65. The first-order chi connectivity index (χ1) is 13.0. The van der Waals surface area contributed by atoms with E-state index in [4.69, 9.17) is 16.3 Å². The summed E-state index contributed by atoms with van der Waals surface area (Å²) in [5, 5.41) is 5.52. The lowest BCUT2D eigenvalue weighted by atomic mass is 10.2. The van der Waals surface area contributed by atoms with Crippen LogP contribution in [-0.4, -0.2) is 35.6 Å². The Morgan fingerprint density at radius 2 is 2.15 bits per heavy atom. The number of aromatic nitrogens is 2. The summed E-state index contributed by atoms with van der Waals surface area (Å²) < 4.78 is 10.2. The highest BCUT2D eigenvalue weighted by atomic mass is 35.5. The van der Waals surface area contributed by atoms with Crippen molar-refractivity contribution in [3.63, 3.8) is 0 Å². The van der Waals surface area contributed by atoms with Crippen molar-refractivity contribution in [2.24, 2.45) is 0 Å². The van der Waals surface area contributed by atoms with Crippen LogP contribution in [0.15, 0.2) is 35.8 Å². The van der Waals surface area contributed by atoms with Gasteiger partial charge in [0.05, 0.1) is 12.8 Å². The number of ether oxygens (including phenoxy) is 2. The number of thiazole rings is 1. The SMILES string of the molecule is COC(=O)c1cc(-c2csc(NC(=O)COc3ccc(Cl)cc3C)n2)c[nH]1. The van der Waals surface area contributed by atoms with Gasteiger partial charge in [0, 0.05) is 22.2 Å². The van der Waals surface area contributed by atoms with E-state index in [1.165, 1.54) is 18.4 Å². The summed E-state index contributed by atoms with van der Waals surface area (Å²) in [5.74, 6) is -0.189. The molecule has 2 heterocycles. The van der Waals surface area contributed by atoms with Gasteiger partial charge in [0.25, 0.3) is 5.91 Å². The van der Waals surface area contributed by atoms with Gasteiger partial charge < -0.3 is 14.5 Å². The number of benzene rings is 1. The van der Waals surface area contributed by atoms with Crippen LogP contribution in [0.5, 0.6) is 5.75 Å². The number of carbonyl (C=O) groups is 2. The second-order valence-corrected chi connectivity index (χ2v) is 6.87. The molecule has 0 unspecified atom stereocenters. The third kappa shape index (κ3) is 4.66. The number of halogens is 1. The van der Waals surface area contributed by atoms with Gasteiger partial charge >= 0.3 is 5.97 Å². The number of rotatable bonds is 6. The van der Waals surface area contributed by atoms with Gasteiger partial charge in [-0.15, -0.1) is 11.3 Å². The molecular weight excluding hydrogens is 390 g/mol. The van der Waals surface area contributed by atoms with E-state index in [0.29, 0.717) is 27.3 Å². The maximum atomic E-state index is 12.1. The third-order valence-corrected chi connectivity index (χ3v) is 4.62. The molecule has 0 saturated heterocycles. The predicted molar refractivity (Wildman–Crippen MR) is 104 cm³/mol. The van der Waals surface area contributed by atoms with Gasteiger partial charge in [0.15, 0.2) is 11.7 Å². The molecule has 1 amide bonds. The first-order valence-electron chi connectivity index (χ1n) is 7.87. The maximum Gasteiger partial charge on any atom is 0.354 e. The van der Waals surface area contributed by atoms with Crippen molar-refractivity contribution in [1.82, 2.24) is 9.97 Å². The van der Waals surface area contributed by atoms with E-state index in [1.807, 2.05) is 6.92 Å². The molecular formula is C18H16ClN3O4S. The molecule has 9 heteroatoms. The lowest BCUT2D eigenvalue weighted by Crippen LogP contribution is -2.20. The van der Waals surface area contributed by atoms with Crippen molar-refractivity contribution in [2.45, 2.75) is 6.92 Å². The number of aromatic amines is 1.